The van der Waals surface area contributed by atoms with Crippen molar-refractivity contribution in [3.8, 4) is 0 Å². The van der Waals surface area contributed by atoms with E-state index < -0.39 is 0 Å². The number of ether oxygens (including phenoxy) is 1. The molecule has 0 heterocycles. The molecule has 1 atom stereocenters. The van der Waals surface area contributed by atoms with E-state index in [0.29, 0.717) is 6.61 Å². The van der Waals surface area contributed by atoms with Gasteiger partial charge in [-0.3, -0.25) is 4.79 Å². The van der Waals surface area contributed by atoms with Gasteiger partial charge in [0.05, 0.1) is 12.5 Å². The molecule has 1 rings (SSSR count). The summed E-state index contributed by atoms with van der Waals surface area (Å²) in [5.74, 6) is 1.13. The smallest absolute Gasteiger partial charge is 0.308 e. The summed E-state index contributed by atoms with van der Waals surface area (Å²) < 4.78 is 5.99. The first-order valence-electron chi connectivity index (χ1n) is 14.2. The summed E-state index contributed by atoms with van der Waals surface area (Å²) in [6.45, 7) is 9.85. The first-order valence-corrected chi connectivity index (χ1v) is 14.2. The van der Waals surface area contributed by atoms with Gasteiger partial charge in [-0.05, 0) is 44.4 Å². The van der Waals surface area contributed by atoms with Crippen LogP contribution < -0.4 is 0 Å². The average Bonchev–Trinajstić information content (AvgIpc) is 2.78. The highest BCUT2D eigenvalue weighted by atomic mass is 16.5. The van der Waals surface area contributed by atoms with Gasteiger partial charge in [0.1, 0.15) is 0 Å². The molecule has 1 unspecified atom stereocenters. The molecule has 0 aromatic rings. The lowest BCUT2D eigenvalue weighted by Crippen LogP contribution is -2.30. The Morgan fingerprint density at radius 2 is 1.19 bits per heavy atom. The number of hydrogen-bond acceptors (Lipinski definition) is 2. The largest absolute Gasteiger partial charge is 0.465 e. The van der Waals surface area contributed by atoms with Crippen molar-refractivity contribution in [2.45, 2.75) is 156 Å². The molecule has 0 N–H and O–H groups in total. The molecule has 0 spiro atoms. The van der Waals surface area contributed by atoms with Crippen LogP contribution in [0.25, 0.3) is 0 Å². The third kappa shape index (κ3) is 13.6. The Hall–Kier alpha value is -0.530. The molecule has 1 saturated carbocycles. The van der Waals surface area contributed by atoms with E-state index in [1.165, 1.54) is 116 Å². The zero-order valence-corrected chi connectivity index (χ0v) is 21.8. The number of esters is 1. The zero-order chi connectivity index (χ0) is 22.8. The van der Waals surface area contributed by atoms with Crippen molar-refractivity contribution in [3.63, 3.8) is 0 Å². The van der Waals surface area contributed by atoms with Crippen LogP contribution in [0.2, 0.25) is 0 Å². The second-order valence-electron chi connectivity index (χ2n) is 11.0. The first kappa shape index (κ1) is 28.5. The van der Waals surface area contributed by atoms with Crippen LogP contribution in [0.5, 0.6) is 0 Å². The lowest BCUT2D eigenvalue weighted by molar-refractivity contribution is -0.153. The molecule has 0 aromatic heterocycles. The minimum atomic E-state index is 0.106. The van der Waals surface area contributed by atoms with Crippen LogP contribution in [0.15, 0.2) is 0 Å². The molecule has 2 nitrogen and oxygen atoms in total. The third-order valence-electron chi connectivity index (χ3n) is 7.73. The number of carbonyl (C=O) groups excluding carboxylic acids is 1. The number of hydrogen-bond donors (Lipinski definition) is 0. The molecule has 184 valence electrons. The summed E-state index contributed by atoms with van der Waals surface area (Å²) in [5, 5.41) is 0. The van der Waals surface area contributed by atoms with Crippen molar-refractivity contribution in [3.05, 3.63) is 0 Å². The van der Waals surface area contributed by atoms with Crippen LogP contribution in [-0.4, -0.2) is 12.6 Å². The average molecular weight is 437 g/mol. The van der Waals surface area contributed by atoms with E-state index in [2.05, 4.69) is 27.7 Å². The van der Waals surface area contributed by atoms with E-state index in [-0.39, 0.29) is 17.3 Å². The summed E-state index contributed by atoms with van der Waals surface area (Å²) >= 11 is 0. The van der Waals surface area contributed by atoms with Crippen LogP contribution >= 0.6 is 0 Å². The number of unbranched alkanes of at least 4 members (excludes halogenated alkanes) is 10. The van der Waals surface area contributed by atoms with Gasteiger partial charge >= 0.3 is 5.97 Å². The lowest BCUT2D eigenvalue weighted by Gasteiger charge is -2.32. The summed E-state index contributed by atoms with van der Waals surface area (Å²) in [7, 11) is 0. The standard InChI is InChI=1S/C29H56O2/c1-5-8-11-13-14-17-24-29(4,23-16-12-9-6-2)25-31-28(30)27-21-19-26(20-22-27)18-15-10-7-3/h26-27H,5-25H2,1-4H3. The van der Waals surface area contributed by atoms with E-state index in [1.807, 2.05) is 0 Å². The summed E-state index contributed by atoms with van der Waals surface area (Å²) in [4.78, 5) is 12.8. The highest BCUT2D eigenvalue weighted by molar-refractivity contribution is 5.72. The van der Waals surface area contributed by atoms with Gasteiger partial charge < -0.3 is 4.74 Å². The van der Waals surface area contributed by atoms with Crippen molar-refractivity contribution < 1.29 is 9.53 Å². The monoisotopic (exact) mass is 436 g/mol. The maximum absolute atomic E-state index is 12.8. The summed E-state index contributed by atoms with van der Waals surface area (Å²) in [6, 6.07) is 0. The van der Waals surface area contributed by atoms with Crippen LogP contribution in [-0.2, 0) is 9.53 Å². The number of carbonyl (C=O) groups is 1. The first-order chi connectivity index (χ1) is 15.0. The SMILES string of the molecule is CCCCCCCCC(C)(CCCCCC)COC(=O)C1CCC(CCCCC)CC1. The molecule has 0 radical (unpaired) electrons. The third-order valence-corrected chi connectivity index (χ3v) is 7.73. The van der Waals surface area contributed by atoms with Gasteiger partial charge in [-0.25, -0.2) is 0 Å². The molecular weight excluding hydrogens is 380 g/mol. The second-order valence-corrected chi connectivity index (χ2v) is 11.0. The fourth-order valence-electron chi connectivity index (χ4n) is 5.31. The van der Waals surface area contributed by atoms with Gasteiger partial charge in [0.15, 0.2) is 0 Å². The predicted octanol–water partition coefficient (Wildman–Crippen LogP) is 9.64. The second kappa shape index (κ2) is 18.0. The van der Waals surface area contributed by atoms with E-state index >= 15 is 0 Å². The predicted molar refractivity (Wildman–Crippen MR) is 135 cm³/mol. The van der Waals surface area contributed by atoms with Crippen molar-refractivity contribution in [1.29, 1.82) is 0 Å². The Morgan fingerprint density at radius 1 is 0.710 bits per heavy atom. The molecule has 1 aliphatic rings. The molecule has 0 aromatic carbocycles. The summed E-state index contributed by atoms with van der Waals surface area (Å²) in [5.41, 5.74) is 0.172. The quantitative estimate of drug-likeness (QED) is 0.149. The lowest BCUT2D eigenvalue weighted by atomic mass is 9.79. The highest BCUT2D eigenvalue weighted by Gasteiger charge is 2.30. The Morgan fingerprint density at radius 3 is 1.77 bits per heavy atom. The molecular formula is C29H56O2. The maximum Gasteiger partial charge on any atom is 0.308 e. The molecule has 0 aliphatic heterocycles. The molecule has 0 amide bonds. The molecule has 0 saturated heterocycles. The highest BCUT2D eigenvalue weighted by Crippen LogP contribution is 2.35. The van der Waals surface area contributed by atoms with Crippen molar-refractivity contribution in [2.75, 3.05) is 6.61 Å². The van der Waals surface area contributed by atoms with Crippen LogP contribution in [0.1, 0.15) is 156 Å². The van der Waals surface area contributed by atoms with Crippen molar-refractivity contribution >= 4 is 5.97 Å². The van der Waals surface area contributed by atoms with E-state index in [1.54, 1.807) is 0 Å². The van der Waals surface area contributed by atoms with Gasteiger partial charge in [-0.1, -0.05) is 118 Å². The fraction of sp³-hybridized carbons (Fsp3) is 0.966. The minimum absolute atomic E-state index is 0.106. The molecule has 1 fully saturated rings. The van der Waals surface area contributed by atoms with E-state index in [4.69, 9.17) is 4.74 Å². The van der Waals surface area contributed by atoms with Gasteiger partial charge in [-0.2, -0.15) is 0 Å². The van der Waals surface area contributed by atoms with Crippen LogP contribution in [0.4, 0.5) is 0 Å². The summed E-state index contributed by atoms with van der Waals surface area (Å²) in [6.07, 6.45) is 25.6. The molecule has 2 heteroatoms. The Bertz CT molecular complexity index is 424. The molecule has 0 bridgehead atoms. The minimum Gasteiger partial charge on any atom is -0.465 e. The van der Waals surface area contributed by atoms with Gasteiger partial charge in [0, 0.05) is 5.41 Å². The van der Waals surface area contributed by atoms with Crippen LogP contribution in [0.3, 0.4) is 0 Å². The van der Waals surface area contributed by atoms with Crippen molar-refractivity contribution in [2.24, 2.45) is 17.3 Å². The van der Waals surface area contributed by atoms with E-state index in [0.717, 1.165) is 18.8 Å². The molecule has 1 aliphatic carbocycles. The fourth-order valence-corrected chi connectivity index (χ4v) is 5.31. The topological polar surface area (TPSA) is 26.3 Å². The Labute approximate surface area is 195 Å². The van der Waals surface area contributed by atoms with Crippen molar-refractivity contribution in [1.82, 2.24) is 0 Å². The number of rotatable bonds is 19. The van der Waals surface area contributed by atoms with Gasteiger partial charge in [0.25, 0.3) is 0 Å². The van der Waals surface area contributed by atoms with Gasteiger partial charge in [-0.15, -0.1) is 0 Å². The van der Waals surface area contributed by atoms with Gasteiger partial charge in [0.2, 0.25) is 0 Å². The molecule has 31 heavy (non-hydrogen) atoms. The Balaban J connectivity index is 2.38. The normalized spacial score (nSPS) is 21.0. The van der Waals surface area contributed by atoms with Crippen LogP contribution in [0, 0.1) is 17.3 Å². The maximum atomic E-state index is 12.8. The Kier molecular flexibility index (Phi) is 16.5. The zero-order valence-electron chi connectivity index (χ0n) is 21.8. The van der Waals surface area contributed by atoms with E-state index in [9.17, 15) is 4.79 Å².